The van der Waals surface area contributed by atoms with Crippen molar-refractivity contribution in [3.63, 3.8) is 0 Å². The summed E-state index contributed by atoms with van der Waals surface area (Å²) in [7, 11) is 0. The molecule has 0 aliphatic rings. The Bertz CT molecular complexity index is 550. The predicted octanol–water partition coefficient (Wildman–Crippen LogP) is 2.79. The number of nitrogens with two attached hydrogens (primary N) is 1. The highest BCUT2D eigenvalue weighted by atomic mass is 35.5. The molecular formula is C12H13ClN4OS. The summed E-state index contributed by atoms with van der Waals surface area (Å²) in [5.41, 5.74) is 5.75. The fraction of sp³-hybridized carbons (Fsp3) is 0.250. The van der Waals surface area contributed by atoms with Gasteiger partial charge in [0.15, 0.2) is 5.82 Å². The molecule has 0 saturated carbocycles. The zero-order valence-electron chi connectivity index (χ0n) is 10.3. The van der Waals surface area contributed by atoms with Gasteiger partial charge in [0.05, 0.1) is 5.02 Å². The van der Waals surface area contributed by atoms with E-state index in [1.54, 1.807) is 18.3 Å². The quantitative estimate of drug-likeness (QED) is 0.855. The number of aromatic nitrogens is 3. The molecule has 0 fully saturated rings. The number of anilines is 1. The lowest BCUT2D eigenvalue weighted by Crippen LogP contribution is -2.03. The van der Waals surface area contributed by atoms with Crippen molar-refractivity contribution < 1.29 is 4.74 Å². The summed E-state index contributed by atoms with van der Waals surface area (Å²) in [4.78, 5) is 12.7. The summed E-state index contributed by atoms with van der Waals surface area (Å²) in [5.74, 6) is 0.986. The van der Waals surface area contributed by atoms with Gasteiger partial charge in [0.25, 0.3) is 0 Å². The van der Waals surface area contributed by atoms with E-state index < -0.39 is 0 Å². The van der Waals surface area contributed by atoms with Crippen molar-refractivity contribution in [2.24, 2.45) is 0 Å². The Labute approximate surface area is 120 Å². The molecule has 0 spiro atoms. The Morgan fingerprint density at radius 2 is 2.16 bits per heavy atom. The van der Waals surface area contributed by atoms with Crippen LogP contribution >= 0.6 is 23.4 Å². The first-order valence-electron chi connectivity index (χ1n) is 5.68. The molecule has 100 valence electrons. The Balaban J connectivity index is 2.15. The number of pyridine rings is 1. The minimum atomic E-state index is 0.350. The SMILES string of the molecule is CCOCc1nc(N)cc(Sc2ccc(Cl)cn2)n1. The van der Waals surface area contributed by atoms with Gasteiger partial charge in [-0.15, -0.1) is 0 Å². The summed E-state index contributed by atoms with van der Waals surface area (Å²) >= 11 is 7.19. The van der Waals surface area contributed by atoms with Crippen LogP contribution in [0.3, 0.4) is 0 Å². The fourth-order valence-corrected chi connectivity index (χ4v) is 2.23. The summed E-state index contributed by atoms with van der Waals surface area (Å²) in [6.07, 6.45) is 1.59. The molecule has 0 unspecified atom stereocenters. The minimum absolute atomic E-state index is 0.350. The fourth-order valence-electron chi connectivity index (χ4n) is 1.33. The van der Waals surface area contributed by atoms with E-state index in [1.807, 2.05) is 13.0 Å². The van der Waals surface area contributed by atoms with E-state index >= 15 is 0 Å². The van der Waals surface area contributed by atoms with E-state index in [4.69, 9.17) is 22.1 Å². The monoisotopic (exact) mass is 296 g/mol. The average molecular weight is 297 g/mol. The molecule has 0 saturated heterocycles. The van der Waals surface area contributed by atoms with Gasteiger partial charge in [0, 0.05) is 18.9 Å². The molecule has 0 bridgehead atoms. The molecule has 2 N–H and O–H groups in total. The van der Waals surface area contributed by atoms with Crippen LogP contribution in [0.1, 0.15) is 12.7 Å². The second-order valence-electron chi connectivity index (χ2n) is 3.60. The summed E-state index contributed by atoms with van der Waals surface area (Å²) in [5, 5.41) is 2.13. The zero-order chi connectivity index (χ0) is 13.7. The van der Waals surface area contributed by atoms with Gasteiger partial charge in [-0.25, -0.2) is 15.0 Å². The Hall–Kier alpha value is -1.37. The Morgan fingerprint density at radius 3 is 2.84 bits per heavy atom. The first-order valence-corrected chi connectivity index (χ1v) is 6.87. The van der Waals surface area contributed by atoms with Crippen LogP contribution in [0.4, 0.5) is 5.82 Å². The molecule has 0 aliphatic carbocycles. The van der Waals surface area contributed by atoms with Gasteiger partial charge in [-0.05, 0) is 30.8 Å². The number of ether oxygens (including phenoxy) is 1. The van der Waals surface area contributed by atoms with E-state index in [9.17, 15) is 0 Å². The lowest BCUT2D eigenvalue weighted by atomic mass is 10.5. The van der Waals surface area contributed by atoms with Gasteiger partial charge >= 0.3 is 0 Å². The molecule has 7 heteroatoms. The molecule has 5 nitrogen and oxygen atoms in total. The highest BCUT2D eigenvalue weighted by molar-refractivity contribution is 7.99. The van der Waals surface area contributed by atoms with Crippen LogP contribution < -0.4 is 5.73 Å². The largest absolute Gasteiger partial charge is 0.384 e. The van der Waals surface area contributed by atoms with Crippen LogP contribution in [-0.4, -0.2) is 21.6 Å². The van der Waals surface area contributed by atoms with Gasteiger partial charge in [-0.3, -0.25) is 0 Å². The van der Waals surface area contributed by atoms with Crippen LogP contribution in [-0.2, 0) is 11.3 Å². The molecule has 0 aliphatic heterocycles. The molecule has 19 heavy (non-hydrogen) atoms. The van der Waals surface area contributed by atoms with E-state index in [1.165, 1.54) is 11.8 Å². The topological polar surface area (TPSA) is 73.9 Å². The first-order chi connectivity index (χ1) is 9.17. The maximum absolute atomic E-state index is 5.79. The van der Waals surface area contributed by atoms with Crippen molar-refractivity contribution in [1.82, 2.24) is 15.0 Å². The van der Waals surface area contributed by atoms with Crippen LogP contribution in [0.15, 0.2) is 34.4 Å². The molecule has 0 atom stereocenters. The highest BCUT2D eigenvalue weighted by Crippen LogP contribution is 2.26. The Kier molecular flexibility index (Phi) is 4.95. The lowest BCUT2D eigenvalue weighted by molar-refractivity contribution is 0.128. The van der Waals surface area contributed by atoms with Crippen LogP contribution in [0.25, 0.3) is 0 Å². The number of rotatable bonds is 5. The average Bonchev–Trinajstić information content (AvgIpc) is 2.38. The van der Waals surface area contributed by atoms with Crippen LogP contribution in [0.5, 0.6) is 0 Å². The maximum atomic E-state index is 5.79. The number of halogens is 1. The molecule has 0 amide bonds. The van der Waals surface area contributed by atoms with E-state index in [0.29, 0.717) is 29.9 Å². The molecule has 0 radical (unpaired) electrons. The van der Waals surface area contributed by atoms with Crippen molar-refractivity contribution in [2.75, 3.05) is 12.3 Å². The third-order valence-corrected chi connectivity index (χ3v) is 3.21. The van der Waals surface area contributed by atoms with Crippen molar-refractivity contribution >= 4 is 29.2 Å². The maximum Gasteiger partial charge on any atom is 0.157 e. The van der Waals surface area contributed by atoms with Gasteiger partial charge in [-0.1, -0.05) is 11.6 Å². The van der Waals surface area contributed by atoms with Gasteiger partial charge in [-0.2, -0.15) is 0 Å². The molecular weight excluding hydrogens is 284 g/mol. The standard InChI is InChI=1S/C12H13ClN4OS/c1-2-18-7-10-16-9(14)5-12(17-10)19-11-4-3-8(13)6-15-11/h3-6H,2,7H2,1H3,(H2,14,16,17). The second kappa shape index (κ2) is 6.70. The summed E-state index contributed by atoms with van der Waals surface area (Å²) < 4.78 is 5.27. The summed E-state index contributed by atoms with van der Waals surface area (Å²) in [6.45, 7) is 2.88. The van der Waals surface area contributed by atoms with E-state index in [2.05, 4.69) is 15.0 Å². The van der Waals surface area contributed by atoms with Crippen LogP contribution in [0.2, 0.25) is 5.02 Å². The lowest BCUT2D eigenvalue weighted by Gasteiger charge is -2.05. The van der Waals surface area contributed by atoms with Crippen molar-refractivity contribution in [1.29, 1.82) is 0 Å². The minimum Gasteiger partial charge on any atom is -0.384 e. The highest BCUT2D eigenvalue weighted by Gasteiger charge is 2.06. The van der Waals surface area contributed by atoms with E-state index in [-0.39, 0.29) is 0 Å². The number of nitrogen functional groups attached to an aromatic ring is 1. The molecule has 2 aromatic heterocycles. The number of hydrogen-bond donors (Lipinski definition) is 1. The van der Waals surface area contributed by atoms with Crippen molar-refractivity contribution in [3.05, 3.63) is 35.2 Å². The third kappa shape index (κ3) is 4.34. The second-order valence-corrected chi connectivity index (χ2v) is 5.08. The smallest absolute Gasteiger partial charge is 0.157 e. The van der Waals surface area contributed by atoms with Gasteiger partial charge in [0.1, 0.15) is 22.5 Å². The normalized spacial score (nSPS) is 10.6. The molecule has 2 heterocycles. The molecule has 2 rings (SSSR count). The third-order valence-electron chi connectivity index (χ3n) is 2.11. The Morgan fingerprint density at radius 1 is 1.32 bits per heavy atom. The number of nitrogens with zero attached hydrogens (tertiary/aromatic N) is 3. The van der Waals surface area contributed by atoms with Gasteiger partial charge in [0.2, 0.25) is 0 Å². The molecule has 2 aromatic rings. The van der Waals surface area contributed by atoms with Crippen molar-refractivity contribution in [3.8, 4) is 0 Å². The number of hydrogen-bond acceptors (Lipinski definition) is 6. The zero-order valence-corrected chi connectivity index (χ0v) is 11.9. The summed E-state index contributed by atoms with van der Waals surface area (Å²) in [6, 6.07) is 5.31. The van der Waals surface area contributed by atoms with Gasteiger partial charge < -0.3 is 10.5 Å². The van der Waals surface area contributed by atoms with Crippen LogP contribution in [0, 0.1) is 0 Å². The van der Waals surface area contributed by atoms with E-state index in [0.717, 1.165) is 10.1 Å². The first kappa shape index (κ1) is 14.0. The molecule has 0 aromatic carbocycles. The van der Waals surface area contributed by atoms with Crippen molar-refractivity contribution in [2.45, 2.75) is 23.6 Å². The predicted molar refractivity (Wildman–Crippen MR) is 75.1 cm³/mol.